The number of alkyl halides is 13. The molecule has 0 radical (unpaired) electrons. The average molecular weight is 509 g/mol. The minimum atomic E-state index is -7.98. The highest BCUT2D eigenvalue weighted by molar-refractivity contribution is 7.97. The number of carbonyl (C=O) groups is 2. The smallest absolute Gasteiger partial charge is 0.460 e. The number of hydrogen-bond donors (Lipinski definition) is 2. The van der Waals surface area contributed by atoms with E-state index in [4.69, 9.17) is 5.11 Å². The van der Waals surface area contributed by atoms with Crippen LogP contribution in [0.25, 0.3) is 0 Å². The number of aliphatic carboxylic acids is 1. The van der Waals surface area contributed by atoms with Gasteiger partial charge in [0.25, 0.3) is 0 Å². The second kappa shape index (κ2) is 9.48. The Hall–Kier alpha value is -1.62. The molecule has 18 heteroatoms. The van der Waals surface area contributed by atoms with Crippen molar-refractivity contribution in [3.05, 3.63) is 0 Å². The van der Waals surface area contributed by atoms with Crippen LogP contribution in [0.3, 0.4) is 0 Å². The summed E-state index contributed by atoms with van der Waals surface area (Å²) in [6, 6.07) is 0. The molecule has 0 atom stereocenters. The molecule has 0 aromatic heterocycles. The van der Waals surface area contributed by atoms with E-state index in [0.29, 0.717) is 11.9 Å². The van der Waals surface area contributed by atoms with E-state index < -0.39 is 60.5 Å². The Morgan fingerprint density at radius 1 is 0.710 bits per heavy atom. The minimum Gasteiger partial charge on any atom is -0.481 e. The molecule has 2 N–H and O–H groups in total. The lowest BCUT2D eigenvalue weighted by Crippen LogP contribution is -2.70. The molecular weight excluding hydrogens is 497 g/mol. The third kappa shape index (κ3) is 6.00. The molecule has 0 rings (SSSR count). The molecule has 184 valence electrons. The van der Waals surface area contributed by atoms with Crippen LogP contribution in [0.15, 0.2) is 0 Å². The summed E-state index contributed by atoms with van der Waals surface area (Å²) in [5.41, 5.74) is 0. The average Bonchev–Trinajstić information content (AvgIpc) is 2.57. The fourth-order valence-corrected chi connectivity index (χ4v) is 2.36. The van der Waals surface area contributed by atoms with Crippen LogP contribution in [0.4, 0.5) is 57.1 Å². The molecule has 0 aliphatic heterocycles. The summed E-state index contributed by atoms with van der Waals surface area (Å²) in [5.74, 6) is -40.3. The van der Waals surface area contributed by atoms with Gasteiger partial charge in [0, 0.05) is 25.0 Å². The fourth-order valence-electron chi connectivity index (χ4n) is 1.71. The lowest BCUT2D eigenvalue weighted by molar-refractivity contribution is -0.440. The number of amides is 1. The van der Waals surface area contributed by atoms with E-state index in [1.807, 2.05) is 0 Å². The first-order valence-corrected chi connectivity index (χ1v) is 8.63. The van der Waals surface area contributed by atoms with Gasteiger partial charge in [0.1, 0.15) is 0 Å². The van der Waals surface area contributed by atoms with Crippen molar-refractivity contribution in [3.8, 4) is 0 Å². The highest BCUT2D eigenvalue weighted by Crippen LogP contribution is 2.60. The molecule has 0 heterocycles. The van der Waals surface area contributed by atoms with E-state index in [-0.39, 0.29) is 18.6 Å². The van der Waals surface area contributed by atoms with Gasteiger partial charge in [-0.2, -0.15) is 57.1 Å². The fraction of sp³-hybridized carbons (Fsp3) is 0.846. The van der Waals surface area contributed by atoms with Gasteiger partial charge in [0.05, 0.1) is 0 Å². The number of rotatable bonds is 12. The van der Waals surface area contributed by atoms with Gasteiger partial charge in [-0.25, -0.2) is 0 Å². The molecule has 0 aromatic rings. The maximum atomic E-state index is 13.5. The third-order valence-corrected chi connectivity index (χ3v) is 4.35. The zero-order valence-electron chi connectivity index (χ0n) is 14.6. The highest BCUT2D eigenvalue weighted by atomic mass is 32.2. The van der Waals surface area contributed by atoms with Crippen molar-refractivity contribution >= 4 is 23.8 Å². The van der Waals surface area contributed by atoms with Crippen LogP contribution in [-0.4, -0.2) is 58.5 Å². The molecule has 0 saturated heterocycles. The van der Waals surface area contributed by atoms with Crippen LogP contribution < -0.4 is 4.72 Å². The Morgan fingerprint density at radius 3 is 1.58 bits per heavy atom. The number of halogens is 13. The van der Waals surface area contributed by atoms with Crippen molar-refractivity contribution in [3.63, 3.8) is 0 Å². The molecule has 0 saturated carbocycles. The van der Waals surface area contributed by atoms with Crippen molar-refractivity contribution < 1.29 is 71.8 Å². The number of nitrogens with one attached hydrogen (secondary N) is 1. The summed E-state index contributed by atoms with van der Waals surface area (Å²) in [5, 5.41) is 8.31. The largest absolute Gasteiger partial charge is 0.481 e. The summed E-state index contributed by atoms with van der Waals surface area (Å²) in [6.45, 7) is 0. The summed E-state index contributed by atoms with van der Waals surface area (Å²) in [4.78, 5) is 21.4. The van der Waals surface area contributed by atoms with E-state index >= 15 is 0 Å². The number of carboxylic acid groups (broad SMARTS) is 1. The van der Waals surface area contributed by atoms with Gasteiger partial charge < -0.3 is 9.83 Å². The first-order chi connectivity index (χ1) is 13.6. The maximum Gasteiger partial charge on any atom is 0.460 e. The maximum absolute atomic E-state index is 13.5. The lowest BCUT2D eigenvalue weighted by atomic mass is 9.92. The van der Waals surface area contributed by atoms with Gasteiger partial charge in [0.15, 0.2) is 0 Å². The Morgan fingerprint density at radius 2 is 1.16 bits per heavy atom. The molecule has 0 bridgehead atoms. The number of carboxylic acids is 1. The van der Waals surface area contributed by atoms with Crippen LogP contribution >= 0.6 is 11.9 Å². The van der Waals surface area contributed by atoms with E-state index in [1.54, 1.807) is 4.72 Å². The highest BCUT2D eigenvalue weighted by Gasteiger charge is 2.90. The zero-order valence-corrected chi connectivity index (χ0v) is 15.4. The van der Waals surface area contributed by atoms with Crippen molar-refractivity contribution in [2.75, 3.05) is 5.75 Å². The third-order valence-electron chi connectivity index (χ3n) is 3.49. The van der Waals surface area contributed by atoms with Crippen molar-refractivity contribution in [1.29, 1.82) is 0 Å². The minimum absolute atomic E-state index is 0.0523. The molecule has 31 heavy (non-hydrogen) atoms. The first kappa shape index (κ1) is 29.4. The second-order valence-electron chi connectivity index (χ2n) is 5.87. The molecule has 0 spiro atoms. The SMILES string of the molecule is O=C(O)CCCSNC(=O)CCC(F)(F)C(F)(F)C(F)(F)C(F)(F)C(F)(F)C(F)(F)F. The molecule has 4 nitrogen and oxygen atoms in total. The van der Waals surface area contributed by atoms with E-state index in [1.165, 1.54) is 0 Å². The van der Waals surface area contributed by atoms with Crippen molar-refractivity contribution in [2.24, 2.45) is 0 Å². The Balaban J connectivity index is 5.33. The summed E-state index contributed by atoms with van der Waals surface area (Å²) < 4.78 is 169. The normalized spacial score (nSPS) is 14.5. The predicted molar refractivity (Wildman–Crippen MR) is 77.5 cm³/mol. The van der Waals surface area contributed by atoms with Gasteiger partial charge >= 0.3 is 41.8 Å². The van der Waals surface area contributed by atoms with Gasteiger partial charge in [-0.3, -0.25) is 9.59 Å². The van der Waals surface area contributed by atoms with Crippen LogP contribution in [-0.2, 0) is 9.59 Å². The van der Waals surface area contributed by atoms with Gasteiger partial charge in [-0.15, -0.1) is 0 Å². The molecule has 0 fully saturated rings. The number of carbonyl (C=O) groups excluding carboxylic acids is 1. The van der Waals surface area contributed by atoms with Crippen LogP contribution in [0.5, 0.6) is 0 Å². The summed E-state index contributed by atoms with van der Waals surface area (Å²) in [6.07, 6.45) is -12.3. The first-order valence-electron chi connectivity index (χ1n) is 7.64. The molecule has 0 aliphatic carbocycles. The summed E-state index contributed by atoms with van der Waals surface area (Å²) in [7, 11) is 0. The van der Waals surface area contributed by atoms with E-state index in [9.17, 15) is 66.7 Å². The van der Waals surface area contributed by atoms with Crippen LogP contribution in [0.1, 0.15) is 25.7 Å². The van der Waals surface area contributed by atoms with Crippen molar-refractivity contribution in [1.82, 2.24) is 4.72 Å². The second-order valence-corrected chi connectivity index (χ2v) is 6.77. The van der Waals surface area contributed by atoms with Gasteiger partial charge in [-0.1, -0.05) is 11.9 Å². The molecule has 0 unspecified atom stereocenters. The van der Waals surface area contributed by atoms with E-state index in [0.717, 1.165) is 0 Å². The Labute approximate surface area is 168 Å². The predicted octanol–water partition coefficient (Wildman–Crippen LogP) is 5.13. The monoisotopic (exact) mass is 509 g/mol. The topological polar surface area (TPSA) is 66.4 Å². The standard InChI is InChI=1S/C13H12F13NO3S/c14-8(15,4-3-6(28)27-31-5-1-2-7(29)30)9(16,17)10(18,19)11(20,21)12(22,23)13(24,25)26/h1-5H2,(H,27,28)(H,29,30). The Bertz CT molecular complexity index is 651. The van der Waals surface area contributed by atoms with Gasteiger partial charge in [0.2, 0.25) is 5.91 Å². The molecule has 0 aromatic carbocycles. The quantitative estimate of drug-likeness (QED) is 0.218. The lowest BCUT2D eigenvalue weighted by Gasteiger charge is -2.39. The summed E-state index contributed by atoms with van der Waals surface area (Å²) >= 11 is 0.390. The van der Waals surface area contributed by atoms with Crippen LogP contribution in [0.2, 0.25) is 0 Å². The van der Waals surface area contributed by atoms with Gasteiger partial charge in [-0.05, 0) is 6.42 Å². The van der Waals surface area contributed by atoms with Crippen LogP contribution in [0, 0.1) is 0 Å². The Kier molecular flexibility index (Phi) is 8.98. The molecule has 1 amide bonds. The van der Waals surface area contributed by atoms with Crippen molar-refractivity contribution in [2.45, 2.75) is 61.5 Å². The molecular formula is C13H12F13NO3S. The van der Waals surface area contributed by atoms with E-state index in [2.05, 4.69) is 0 Å². The zero-order chi connectivity index (χ0) is 25.1. The molecule has 0 aliphatic rings. The number of hydrogen-bond acceptors (Lipinski definition) is 3.